The molecule has 4 aromatic rings. The molecule has 0 radical (unpaired) electrons. The van der Waals surface area contributed by atoms with E-state index in [4.69, 9.17) is 9.47 Å². The summed E-state index contributed by atoms with van der Waals surface area (Å²) in [7, 11) is 1.60. The highest BCUT2D eigenvalue weighted by Gasteiger charge is 2.22. The van der Waals surface area contributed by atoms with E-state index in [1.54, 1.807) is 43.5 Å². The topological polar surface area (TPSA) is 35.5 Å². The van der Waals surface area contributed by atoms with E-state index >= 15 is 0 Å². The van der Waals surface area contributed by atoms with Gasteiger partial charge in [0.05, 0.1) is 7.11 Å². The van der Waals surface area contributed by atoms with E-state index in [0.717, 1.165) is 11.5 Å². The highest BCUT2D eigenvalue weighted by molar-refractivity contribution is 6.09. The second-order valence-electron chi connectivity index (χ2n) is 8.20. The van der Waals surface area contributed by atoms with Crippen molar-refractivity contribution < 1.29 is 14.3 Å². The van der Waals surface area contributed by atoms with E-state index in [2.05, 4.69) is 50.2 Å². The first kappa shape index (κ1) is 21.4. The Balaban J connectivity index is 1.45. The minimum absolute atomic E-state index is 0.0355. The summed E-state index contributed by atoms with van der Waals surface area (Å²) in [6.07, 6.45) is 0. The number of carbonyl (C=O) groups is 1. The van der Waals surface area contributed by atoms with Gasteiger partial charge in [-0.2, -0.15) is 0 Å². The molecule has 4 rings (SSSR count). The summed E-state index contributed by atoms with van der Waals surface area (Å²) >= 11 is 0. The minimum atomic E-state index is -0.0940. The fourth-order valence-electron chi connectivity index (χ4n) is 3.68. The van der Waals surface area contributed by atoms with Crippen LogP contribution in [0, 0.1) is 0 Å². The first-order valence-corrected chi connectivity index (χ1v) is 10.6. The zero-order valence-corrected chi connectivity index (χ0v) is 18.5. The molecule has 3 heteroatoms. The average molecular weight is 423 g/mol. The summed E-state index contributed by atoms with van der Waals surface area (Å²) in [5.41, 5.74) is 3.63. The van der Waals surface area contributed by atoms with Gasteiger partial charge >= 0.3 is 0 Å². The van der Waals surface area contributed by atoms with E-state index in [1.807, 2.05) is 30.3 Å². The Labute approximate surface area is 189 Å². The molecule has 3 nitrogen and oxygen atoms in total. The third-order valence-electron chi connectivity index (χ3n) is 5.78. The Bertz CT molecular complexity index is 1170. The summed E-state index contributed by atoms with van der Waals surface area (Å²) in [4.78, 5) is 12.7. The monoisotopic (exact) mass is 422 g/mol. The van der Waals surface area contributed by atoms with E-state index in [1.165, 1.54) is 11.1 Å². The Hall–Kier alpha value is -3.85. The van der Waals surface area contributed by atoms with Crippen molar-refractivity contribution in [2.45, 2.75) is 19.3 Å². The van der Waals surface area contributed by atoms with Gasteiger partial charge in [-0.05, 0) is 71.8 Å². The van der Waals surface area contributed by atoms with Gasteiger partial charge in [-0.25, -0.2) is 0 Å². The van der Waals surface area contributed by atoms with Crippen molar-refractivity contribution in [1.82, 2.24) is 0 Å². The molecule has 0 spiro atoms. The summed E-state index contributed by atoms with van der Waals surface area (Å²) in [5, 5.41) is 0. The molecule has 0 fully saturated rings. The van der Waals surface area contributed by atoms with Crippen molar-refractivity contribution in [3.63, 3.8) is 0 Å². The largest absolute Gasteiger partial charge is 0.497 e. The molecular formula is C29H26O3. The van der Waals surface area contributed by atoms with Gasteiger partial charge in [0.15, 0.2) is 5.78 Å². The molecule has 0 saturated carbocycles. The SMILES string of the molecule is COc1ccc(C(=O)c2ccc(Oc3ccc(C(C)(C)c4ccccc4)cc3)cc2)cc1. The molecule has 160 valence electrons. The van der Waals surface area contributed by atoms with Crippen molar-refractivity contribution in [1.29, 1.82) is 0 Å². The van der Waals surface area contributed by atoms with Gasteiger partial charge in [0, 0.05) is 16.5 Å². The quantitative estimate of drug-likeness (QED) is 0.300. The van der Waals surface area contributed by atoms with Gasteiger partial charge in [0.1, 0.15) is 17.2 Å². The van der Waals surface area contributed by atoms with Crippen LogP contribution >= 0.6 is 0 Å². The lowest BCUT2D eigenvalue weighted by atomic mass is 9.78. The second-order valence-corrected chi connectivity index (χ2v) is 8.20. The van der Waals surface area contributed by atoms with E-state index in [0.29, 0.717) is 16.9 Å². The minimum Gasteiger partial charge on any atom is -0.497 e. The van der Waals surface area contributed by atoms with Crippen LogP contribution in [0.4, 0.5) is 0 Å². The number of methoxy groups -OCH3 is 1. The zero-order chi connectivity index (χ0) is 22.6. The lowest BCUT2D eigenvalue weighted by molar-refractivity contribution is 0.103. The summed E-state index contributed by atoms with van der Waals surface area (Å²) in [6, 6.07) is 33.0. The van der Waals surface area contributed by atoms with Crippen LogP contribution in [0.2, 0.25) is 0 Å². The molecule has 0 unspecified atom stereocenters. The lowest BCUT2D eigenvalue weighted by Crippen LogP contribution is -2.18. The first-order valence-electron chi connectivity index (χ1n) is 10.6. The number of hydrogen-bond acceptors (Lipinski definition) is 3. The van der Waals surface area contributed by atoms with Gasteiger partial charge in [-0.15, -0.1) is 0 Å². The molecule has 0 aliphatic rings. The van der Waals surface area contributed by atoms with E-state index < -0.39 is 0 Å². The normalized spacial score (nSPS) is 11.1. The molecule has 32 heavy (non-hydrogen) atoms. The molecule has 0 amide bonds. The molecule has 0 atom stereocenters. The lowest BCUT2D eigenvalue weighted by Gasteiger charge is -2.26. The number of rotatable bonds is 7. The van der Waals surface area contributed by atoms with Crippen molar-refractivity contribution in [2.75, 3.05) is 7.11 Å². The van der Waals surface area contributed by atoms with Crippen LogP contribution in [0.1, 0.15) is 40.9 Å². The summed E-state index contributed by atoms with van der Waals surface area (Å²) < 4.78 is 11.1. The first-order chi connectivity index (χ1) is 15.5. The molecular weight excluding hydrogens is 396 g/mol. The van der Waals surface area contributed by atoms with Gasteiger partial charge in [0.2, 0.25) is 0 Å². The average Bonchev–Trinajstić information content (AvgIpc) is 2.85. The molecule has 0 aliphatic carbocycles. The number of carbonyl (C=O) groups excluding carboxylic acids is 1. The Morgan fingerprint density at radius 2 is 1.03 bits per heavy atom. The Morgan fingerprint density at radius 1 is 0.594 bits per heavy atom. The fraction of sp³-hybridized carbons (Fsp3) is 0.138. The van der Waals surface area contributed by atoms with Crippen LogP contribution in [0.5, 0.6) is 17.2 Å². The number of hydrogen-bond donors (Lipinski definition) is 0. The van der Waals surface area contributed by atoms with Gasteiger partial charge < -0.3 is 9.47 Å². The highest BCUT2D eigenvalue weighted by Crippen LogP contribution is 2.33. The van der Waals surface area contributed by atoms with Gasteiger partial charge in [-0.1, -0.05) is 56.3 Å². The fourth-order valence-corrected chi connectivity index (χ4v) is 3.68. The van der Waals surface area contributed by atoms with Crippen LogP contribution in [-0.4, -0.2) is 12.9 Å². The molecule has 0 aliphatic heterocycles. The zero-order valence-electron chi connectivity index (χ0n) is 18.5. The Kier molecular flexibility index (Phi) is 6.09. The molecule has 0 saturated heterocycles. The molecule has 0 aromatic heterocycles. The summed E-state index contributed by atoms with van der Waals surface area (Å²) in [6.45, 7) is 4.44. The van der Waals surface area contributed by atoms with Crippen molar-refractivity contribution in [3.8, 4) is 17.2 Å². The van der Waals surface area contributed by atoms with Crippen molar-refractivity contribution in [2.24, 2.45) is 0 Å². The van der Waals surface area contributed by atoms with Crippen molar-refractivity contribution in [3.05, 3.63) is 125 Å². The standard InChI is InChI=1S/C29H26O3/c1-29(2,23-7-5-4-6-8-23)24-13-19-27(20-14-24)32-26-17-11-22(12-18-26)28(30)21-9-15-25(31-3)16-10-21/h4-20H,1-3H3. The van der Waals surface area contributed by atoms with Gasteiger partial charge in [-0.3, -0.25) is 4.79 Å². The number of ketones is 1. The maximum Gasteiger partial charge on any atom is 0.193 e. The second kappa shape index (κ2) is 9.11. The van der Waals surface area contributed by atoms with Crippen LogP contribution in [0.25, 0.3) is 0 Å². The van der Waals surface area contributed by atoms with Crippen LogP contribution in [-0.2, 0) is 5.41 Å². The number of ether oxygens (including phenoxy) is 2. The third-order valence-corrected chi connectivity index (χ3v) is 5.78. The smallest absolute Gasteiger partial charge is 0.193 e. The predicted octanol–water partition coefficient (Wildman–Crippen LogP) is 7.04. The highest BCUT2D eigenvalue weighted by atomic mass is 16.5. The third kappa shape index (κ3) is 4.57. The molecule has 4 aromatic carbocycles. The summed E-state index contributed by atoms with van der Waals surface area (Å²) in [5.74, 6) is 2.13. The van der Waals surface area contributed by atoms with E-state index in [9.17, 15) is 4.79 Å². The maximum absolute atomic E-state index is 12.7. The predicted molar refractivity (Wildman–Crippen MR) is 128 cm³/mol. The van der Waals surface area contributed by atoms with Crippen LogP contribution in [0.3, 0.4) is 0 Å². The molecule has 0 heterocycles. The molecule has 0 N–H and O–H groups in total. The van der Waals surface area contributed by atoms with Crippen LogP contribution < -0.4 is 9.47 Å². The van der Waals surface area contributed by atoms with Gasteiger partial charge in [0.25, 0.3) is 0 Å². The van der Waals surface area contributed by atoms with Crippen LogP contribution in [0.15, 0.2) is 103 Å². The Morgan fingerprint density at radius 3 is 1.53 bits per heavy atom. The number of benzene rings is 4. The van der Waals surface area contributed by atoms with E-state index in [-0.39, 0.29) is 11.2 Å². The maximum atomic E-state index is 12.7. The molecule has 0 bridgehead atoms. The van der Waals surface area contributed by atoms with Crippen molar-refractivity contribution >= 4 is 5.78 Å².